The molecule has 0 bridgehead atoms. The van der Waals surface area contributed by atoms with Crippen LogP contribution in [0.1, 0.15) is 98.4 Å². The summed E-state index contributed by atoms with van der Waals surface area (Å²) in [5, 5.41) is 9.33. The first-order valence-corrected chi connectivity index (χ1v) is 13.0. The lowest BCUT2D eigenvalue weighted by Gasteiger charge is -2.19. The molecule has 0 aromatic heterocycles. The van der Waals surface area contributed by atoms with Crippen molar-refractivity contribution in [3.63, 3.8) is 0 Å². The third-order valence-corrected chi connectivity index (χ3v) is 7.72. The molecular formula is C30H35F3O3. The first-order valence-electron chi connectivity index (χ1n) is 13.0. The van der Waals surface area contributed by atoms with Gasteiger partial charge in [-0.3, -0.25) is 4.79 Å². The quantitative estimate of drug-likeness (QED) is 0.375. The highest BCUT2D eigenvalue weighted by molar-refractivity contribution is 5.76. The van der Waals surface area contributed by atoms with Gasteiger partial charge in [-0.1, -0.05) is 50.0 Å². The van der Waals surface area contributed by atoms with Crippen molar-refractivity contribution in [2.75, 3.05) is 0 Å². The van der Waals surface area contributed by atoms with Gasteiger partial charge in [-0.15, -0.1) is 0 Å². The van der Waals surface area contributed by atoms with Crippen LogP contribution in [0, 0.1) is 12.8 Å². The molecule has 1 N–H and O–H groups in total. The number of aryl methyl sites for hydroxylation is 1. The van der Waals surface area contributed by atoms with Crippen LogP contribution in [0.2, 0.25) is 0 Å². The number of carbonyl (C=O) groups is 1. The van der Waals surface area contributed by atoms with E-state index in [0.29, 0.717) is 16.9 Å². The van der Waals surface area contributed by atoms with Gasteiger partial charge in [-0.2, -0.15) is 13.2 Å². The Morgan fingerprint density at radius 3 is 2.50 bits per heavy atom. The summed E-state index contributed by atoms with van der Waals surface area (Å²) in [6.07, 6.45) is 2.82. The van der Waals surface area contributed by atoms with Crippen LogP contribution >= 0.6 is 0 Å². The van der Waals surface area contributed by atoms with Crippen LogP contribution in [0.4, 0.5) is 13.2 Å². The van der Waals surface area contributed by atoms with Gasteiger partial charge in [0.25, 0.3) is 0 Å². The number of halogens is 3. The molecule has 1 atom stereocenters. The lowest BCUT2D eigenvalue weighted by molar-refractivity contribution is -0.139. The molecule has 0 heterocycles. The third-order valence-electron chi connectivity index (χ3n) is 7.72. The van der Waals surface area contributed by atoms with Crippen LogP contribution in [-0.2, 0) is 17.6 Å². The summed E-state index contributed by atoms with van der Waals surface area (Å²) in [4.78, 5) is 11.4. The van der Waals surface area contributed by atoms with Gasteiger partial charge in [-0.05, 0) is 96.9 Å². The molecule has 2 aromatic carbocycles. The Morgan fingerprint density at radius 2 is 1.83 bits per heavy atom. The summed E-state index contributed by atoms with van der Waals surface area (Å²) in [6.45, 7) is 4.18. The fourth-order valence-corrected chi connectivity index (χ4v) is 5.98. The maximum atomic E-state index is 13.8. The Balaban J connectivity index is 1.56. The van der Waals surface area contributed by atoms with Gasteiger partial charge in [0, 0.05) is 0 Å². The molecule has 1 fully saturated rings. The number of hydrogen-bond donors (Lipinski definition) is 1. The van der Waals surface area contributed by atoms with E-state index in [2.05, 4.69) is 6.92 Å². The van der Waals surface area contributed by atoms with E-state index in [0.717, 1.165) is 62.5 Å². The normalized spacial score (nSPS) is 18.8. The van der Waals surface area contributed by atoms with Crippen molar-refractivity contribution < 1.29 is 27.8 Å². The molecule has 194 valence electrons. The van der Waals surface area contributed by atoms with Crippen molar-refractivity contribution >= 4 is 11.5 Å². The highest BCUT2D eigenvalue weighted by atomic mass is 19.4. The maximum absolute atomic E-state index is 13.8. The molecule has 2 aliphatic rings. The maximum Gasteiger partial charge on any atom is 0.416 e. The van der Waals surface area contributed by atoms with Crippen LogP contribution in [-0.4, -0.2) is 11.1 Å². The number of aliphatic carboxylic acids is 1. The molecule has 6 heteroatoms. The zero-order chi connectivity index (χ0) is 25.9. The fourth-order valence-electron chi connectivity index (χ4n) is 5.98. The van der Waals surface area contributed by atoms with Crippen molar-refractivity contribution in [2.24, 2.45) is 5.92 Å². The Bertz CT molecular complexity index is 1130. The average molecular weight is 501 g/mol. The summed E-state index contributed by atoms with van der Waals surface area (Å²) in [6, 6.07) is 10.4. The number of benzene rings is 2. The molecule has 1 saturated carbocycles. The van der Waals surface area contributed by atoms with E-state index in [9.17, 15) is 23.1 Å². The van der Waals surface area contributed by atoms with Crippen molar-refractivity contribution in [3.05, 3.63) is 69.8 Å². The minimum absolute atomic E-state index is 0.0155. The van der Waals surface area contributed by atoms with Crippen LogP contribution in [0.25, 0.3) is 5.57 Å². The molecule has 2 aliphatic carbocycles. The summed E-state index contributed by atoms with van der Waals surface area (Å²) in [5.74, 6) is -0.131. The van der Waals surface area contributed by atoms with Crippen molar-refractivity contribution in [1.82, 2.24) is 0 Å². The number of alkyl halides is 3. The number of allylic oxidation sites excluding steroid dienone is 2. The Labute approximate surface area is 211 Å². The summed E-state index contributed by atoms with van der Waals surface area (Å²) in [7, 11) is 0. The van der Waals surface area contributed by atoms with Gasteiger partial charge >= 0.3 is 12.1 Å². The van der Waals surface area contributed by atoms with Gasteiger partial charge in [-0.25, -0.2) is 0 Å². The smallest absolute Gasteiger partial charge is 0.416 e. The van der Waals surface area contributed by atoms with Crippen molar-refractivity contribution in [2.45, 2.75) is 90.3 Å². The number of carboxylic acids is 1. The van der Waals surface area contributed by atoms with Crippen molar-refractivity contribution in [3.8, 4) is 5.75 Å². The highest BCUT2D eigenvalue weighted by Crippen LogP contribution is 2.44. The first-order chi connectivity index (χ1) is 17.2. The van der Waals surface area contributed by atoms with E-state index in [1.54, 1.807) is 12.1 Å². The highest BCUT2D eigenvalue weighted by Gasteiger charge is 2.36. The number of carboxylic acid groups (broad SMARTS) is 1. The van der Waals surface area contributed by atoms with Gasteiger partial charge in [0.2, 0.25) is 0 Å². The predicted octanol–water partition coefficient (Wildman–Crippen LogP) is 8.69. The molecule has 2 aromatic rings. The summed E-state index contributed by atoms with van der Waals surface area (Å²) >= 11 is 0. The number of rotatable bonds is 9. The van der Waals surface area contributed by atoms with E-state index in [1.165, 1.54) is 17.2 Å². The van der Waals surface area contributed by atoms with Gasteiger partial charge in [0.1, 0.15) is 12.4 Å². The minimum Gasteiger partial charge on any atom is -0.489 e. The van der Waals surface area contributed by atoms with E-state index in [1.807, 2.05) is 25.1 Å². The number of hydrogen-bond acceptors (Lipinski definition) is 2. The van der Waals surface area contributed by atoms with E-state index in [-0.39, 0.29) is 24.9 Å². The standard InChI is InChI=1S/C30H35F3O3/c1-3-6-24-22(16-29(34)35)11-14-26(24)27-17-23(12-9-19(27)2)36-18-20-10-13-25(21-7-4-5-8-21)28(15-20)30(31,32)33/h9-10,12-13,15,17,21-22H,3-8,11,14,16,18H2,1-2H3,(H,34,35)/t22-/m1/s1. The van der Waals surface area contributed by atoms with Gasteiger partial charge < -0.3 is 9.84 Å². The molecule has 3 nitrogen and oxygen atoms in total. The zero-order valence-electron chi connectivity index (χ0n) is 21.1. The van der Waals surface area contributed by atoms with E-state index in [4.69, 9.17) is 4.74 Å². The van der Waals surface area contributed by atoms with Gasteiger partial charge in [0.05, 0.1) is 12.0 Å². The summed E-state index contributed by atoms with van der Waals surface area (Å²) < 4.78 is 47.5. The molecule has 0 saturated heterocycles. The monoisotopic (exact) mass is 500 g/mol. The number of ether oxygens (including phenoxy) is 1. The fraction of sp³-hybridized carbons (Fsp3) is 0.500. The molecule has 0 spiro atoms. The molecular weight excluding hydrogens is 465 g/mol. The lowest BCUT2D eigenvalue weighted by Crippen LogP contribution is -2.12. The Hall–Kier alpha value is -2.76. The van der Waals surface area contributed by atoms with Crippen LogP contribution in [0.5, 0.6) is 5.75 Å². The largest absolute Gasteiger partial charge is 0.489 e. The average Bonchev–Trinajstić information content (AvgIpc) is 3.49. The topological polar surface area (TPSA) is 46.5 Å². The van der Waals surface area contributed by atoms with Crippen LogP contribution < -0.4 is 4.74 Å². The lowest BCUT2D eigenvalue weighted by atomic mass is 9.91. The zero-order valence-corrected chi connectivity index (χ0v) is 21.1. The molecule has 0 aliphatic heterocycles. The molecule has 4 rings (SSSR count). The van der Waals surface area contributed by atoms with E-state index >= 15 is 0 Å². The molecule has 0 unspecified atom stereocenters. The molecule has 36 heavy (non-hydrogen) atoms. The Kier molecular flexibility index (Phi) is 8.11. The van der Waals surface area contributed by atoms with Crippen LogP contribution in [0.15, 0.2) is 42.0 Å². The van der Waals surface area contributed by atoms with Crippen molar-refractivity contribution in [1.29, 1.82) is 0 Å². The Morgan fingerprint density at radius 1 is 1.08 bits per heavy atom. The second kappa shape index (κ2) is 11.1. The van der Waals surface area contributed by atoms with E-state index < -0.39 is 17.7 Å². The van der Waals surface area contributed by atoms with Gasteiger partial charge in [0.15, 0.2) is 0 Å². The minimum atomic E-state index is -4.39. The first kappa shape index (κ1) is 26.3. The van der Waals surface area contributed by atoms with Crippen LogP contribution in [0.3, 0.4) is 0 Å². The second-order valence-electron chi connectivity index (χ2n) is 10.3. The SMILES string of the molecule is CCCC1=C(c2cc(OCc3ccc(C4CCCC4)c(C(F)(F)F)c3)ccc2C)CC[C@@H]1CC(=O)O. The second-order valence-corrected chi connectivity index (χ2v) is 10.3. The third kappa shape index (κ3) is 5.96. The molecule has 0 radical (unpaired) electrons. The summed E-state index contributed by atoms with van der Waals surface area (Å²) in [5.41, 5.74) is 4.93. The molecule has 0 amide bonds. The predicted molar refractivity (Wildman–Crippen MR) is 135 cm³/mol.